The van der Waals surface area contributed by atoms with E-state index in [0.717, 1.165) is 5.70 Å². The van der Waals surface area contributed by atoms with Gasteiger partial charge in [-0.05, 0) is 12.3 Å². The van der Waals surface area contributed by atoms with E-state index in [1.54, 1.807) is 0 Å². The Balaban J connectivity index is 2.33. The summed E-state index contributed by atoms with van der Waals surface area (Å²) in [6, 6.07) is 0. The highest BCUT2D eigenvalue weighted by Gasteiger charge is 2.35. The molecule has 1 nitrogen and oxygen atoms in total. The summed E-state index contributed by atoms with van der Waals surface area (Å²) in [4.78, 5) is 0. The molecule has 9 heavy (non-hydrogen) atoms. The number of hydrogen-bond donors (Lipinski definition) is 1. The molecule has 0 saturated heterocycles. The molecule has 0 aromatic carbocycles. The standard InChI is InChI=1S/C8H13N/c1-4-7-5-8(7)6(2)9-3/h4,7-9H,1-2,5H2,3H3. The SMILES string of the molecule is C=CC1CC1C(=C)NC. The molecule has 0 bridgehead atoms. The van der Waals surface area contributed by atoms with E-state index in [1.165, 1.54) is 6.42 Å². The molecule has 1 fully saturated rings. The lowest BCUT2D eigenvalue weighted by Gasteiger charge is -1.99. The van der Waals surface area contributed by atoms with Crippen LogP contribution in [0.25, 0.3) is 0 Å². The summed E-state index contributed by atoms with van der Waals surface area (Å²) in [6.45, 7) is 7.60. The van der Waals surface area contributed by atoms with Crippen LogP contribution in [0.1, 0.15) is 6.42 Å². The Hall–Kier alpha value is -0.720. The minimum Gasteiger partial charge on any atom is -0.392 e. The van der Waals surface area contributed by atoms with Gasteiger partial charge in [-0.2, -0.15) is 0 Å². The average molecular weight is 123 g/mol. The third-order valence-corrected chi connectivity index (χ3v) is 1.91. The molecular weight excluding hydrogens is 110 g/mol. The van der Waals surface area contributed by atoms with Crippen LogP contribution in [0, 0.1) is 11.8 Å². The fourth-order valence-electron chi connectivity index (χ4n) is 1.06. The van der Waals surface area contributed by atoms with Crippen LogP contribution in [0.2, 0.25) is 0 Å². The van der Waals surface area contributed by atoms with E-state index in [2.05, 4.69) is 18.5 Å². The van der Waals surface area contributed by atoms with Gasteiger partial charge in [-0.25, -0.2) is 0 Å². The summed E-state index contributed by atoms with van der Waals surface area (Å²) in [5, 5.41) is 3.05. The van der Waals surface area contributed by atoms with Gasteiger partial charge in [0.2, 0.25) is 0 Å². The van der Waals surface area contributed by atoms with Crippen molar-refractivity contribution in [2.24, 2.45) is 11.8 Å². The van der Waals surface area contributed by atoms with Gasteiger partial charge < -0.3 is 5.32 Å². The lowest BCUT2D eigenvalue weighted by atomic mass is 10.2. The molecule has 0 aromatic rings. The van der Waals surface area contributed by atoms with Gasteiger partial charge in [-0.15, -0.1) is 6.58 Å². The molecular formula is C8H13N. The lowest BCUT2D eigenvalue weighted by Crippen LogP contribution is -2.06. The van der Waals surface area contributed by atoms with Crippen LogP contribution < -0.4 is 5.32 Å². The highest BCUT2D eigenvalue weighted by molar-refractivity contribution is 5.14. The van der Waals surface area contributed by atoms with E-state index in [9.17, 15) is 0 Å². The first-order valence-corrected chi connectivity index (χ1v) is 3.28. The van der Waals surface area contributed by atoms with Crippen LogP contribution in [-0.2, 0) is 0 Å². The van der Waals surface area contributed by atoms with Gasteiger partial charge in [0.05, 0.1) is 0 Å². The van der Waals surface area contributed by atoms with Crippen LogP contribution in [0.15, 0.2) is 24.9 Å². The largest absolute Gasteiger partial charge is 0.392 e. The first kappa shape index (κ1) is 6.40. The predicted molar refractivity (Wildman–Crippen MR) is 40.0 cm³/mol. The highest BCUT2D eigenvalue weighted by Crippen LogP contribution is 2.42. The van der Waals surface area contributed by atoms with E-state index in [-0.39, 0.29) is 0 Å². The van der Waals surface area contributed by atoms with Crippen LogP contribution in [0.4, 0.5) is 0 Å². The summed E-state index contributed by atoms with van der Waals surface area (Å²) in [5.74, 6) is 1.37. The van der Waals surface area contributed by atoms with Crippen molar-refractivity contribution >= 4 is 0 Å². The van der Waals surface area contributed by atoms with Crippen molar-refractivity contribution in [3.63, 3.8) is 0 Å². The molecule has 0 amide bonds. The third kappa shape index (κ3) is 1.15. The Kier molecular flexibility index (Phi) is 1.60. The van der Waals surface area contributed by atoms with Gasteiger partial charge in [0.1, 0.15) is 0 Å². The first-order chi connectivity index (χ1) is 4.29. The maximum Gasteiger partial charge on any atom is 0.00687 e. The van der Waals surface area contributed by atoms with Gasteiger partial charge in [0, 0.05) is 18.7 Å². The molecule has 0 aromatic heterocycles. The number of hydrogen-bond acceptors (Lipinski definition) is 1. The van der Waals surface area contributed by atoms with Crippen molar-refractivity contribution in [1.82, 2.24) is 5.32 Å². The molecule has 0 spiro atoms. The molecule has 0 aliphatic heterocycles. The first-order valence-electron chi connectivity index (χ1n) is 3.28. The van der Waals surface area contributed by atoms with E-state index in [0.29, 0.717) is 11.8 Å². The van der Waals surface area contributed by atoms with E-state index >= 15 is 0 Å². The Bertz CT molecular complexity index is 138. The molecule has 1 aliphatic rings. The Morgan fingerprint density at radius 1 is 1.78 bits per heavy atom. The normalized spacial score (nSPS) is 31.2. The molecule has 1 saturated carbocycles. The molecule has 1 rings (SSSR count). The van der Waals surface area contributed by atoms with Crippen molar-refractivity contribution in [2.75, 3.05) is 7.05 Å². The van der Waals surface area contributed by atoms with E-state index in [1.807, 2.05) is 13.1 Å². The van der Waals surface area contributed by atoms with Crippen LogP contribution in [-0.4, -0.2) is 7.05 Å². The zero-order chi connectivity index (χ0) is 6.85. The topological polar surface area (TPSA) is 12.0 Å². The molecule has 1 N–H and O–H groups in total. The van der Waals surface area contributed by atoms with Gasteiger partial charge >= 0.3 is 0 Å². The van der Waals surface area contributed by atoms with Gasteiger partial charge in [-0.1, -0.05) is 12.7 Å². The Morgan fingerprint density at radius 3 is 2.78 bits per heavy atom. The van der Waals surface area contributed by atoms with Crippen LogP contribution in [0.3, 0.4) is 0 Å². The molecule has 1 heteroatoms. The molecule has 0 radical (unpaired) electrons. The van der Waals surface area contributed by atoms with E-state index < -0.39 is 0 Å². The lowest BCUT2D eigenvalue weighted by molar-refractivity contribution is 0.818. The quantitative estimate of drug-likeness (QED) is 0.561. The molecule has 0 heterocycles. The van der Waals surface area contributed by atoms with Gasteiger partial charge in [-0.3, -0.25) is 0 Å². The van der Waals surface area contributed by atoms with E-state index in [4.69, 9.17) is 0 Å². The average Bonchev–Trinajstić information content (AvgIpc) is 2.64. The minimum absolute atomic E-state index is 0.674. The molecule has 1 aliphatic carbocycles. The molecule has 50 valence electrons. The number of nitrogens with one attached hydrogen (secondary N) is 1. The second-order valence-corrected chi connectivity index (χ2v) is 2.52. The predicted octanol–water partition coefficient (Wildman–Crippen LogP) is 1.54. The van der Waals surface area contributed by atoms with Crippen molar-refractivity contribution < 1.29 is 0 Å². The van der Waals surface area contributed by atoms with Gasteiger partial charge in [0.15, 0.2) is 0 Å². The third-order valence-electron chi connectivity index (χ3n) is 1.91. The van der Waals surface area contributed by atoms with Crippen molar-refractivity contribution in [3.05, 3.63) is 24.9 Å². The summed E-state index contributed by atoms with van der Waals surface area (Å²) in [7, 11) is 1.92. The monoisotopic (exact) mass is 123 g/mol. The Labute approximate surface area is 56.5 Å². The van der Waals surface area contributed by atoms with Crippen molar-refractivity contribution in [3.8, 4) is 0 Å². The zero-order valence-electron chi connectivity index (χ0n) is 5.85. The number of allylic oxidation sites excluding steroid dienone is 2. The maximum absolute atomic E-state index is 3.87. The summed E-state index contributed by atoms with van der Waals surface area (Å²) in [6.07, 6.45) is 3.25. The smallest absolute Gasteiger partial charge is 0.00687 e. The Morgan fingerprint density at radius 2 is 2.44 bits per heavy atom. The highest BCUT2D eigenvalue weighted by atomic mass is 14.9. The van der Waals surface area contributed by atoms with Crippen molar-refractivity contribution in [1.29, 1.82) is 0 Å². The van der Waals surface area contributed by atoms with Crippen molar-refractivity contribution in [2.45, 2.75) is 6.42 Å². The second-order valence-electron chi connectivity index (χ2n) is 2.52. The number of rotatable bonds is 3. The second kappa shape index (κ2) is 2.26. The summed E-state index contributed by atoms with van der Waals surface area (Å²) >= 11 is 0. The van der Waals surface area contributed by atoms with Crippen LogP contribution in [0.5, 0.6) is 0 Å². The maximum atomic E-state index is 3.87. The molecule has 2 unspecified atom stereocenters. The fourth-order valence-corrected chi connectivity index (χ4v) is 1.06. The zero-order valence-corrected chi connectivity index (χ0v) is 5.85. The summed E-state index contributed by atoms with van der Waals surface area (Å²) in [5.41, 5.74) is 1.15. The summed E-state index contributed by atoms with van der Waals surface area (Å²) < 4.78 is 0. The minimum atomic E-state index is 0.674. The fraction of sp³-hybridized carbons (Fsp3) is 0.500. The van der Waals surface area contributed by atoms with Gasteiger partial charge in [0.25, 0.3) is 0 Å². The molecule has 2 atom stereocenters. The van der Waals surface area contributed by atoms with Crippen LogP contribution >= 0.6 is 0 Å².